The molecule has 2 atom stereocenters. The van der Waals surface area contributed by atoms with Gasteiger partial charge < -0.3 is 0 Å². The second kappa shape index (κ2) is 5.03. The minimum Gasteiger partial charge on any atom is -0.297 e. The van der Waals surface area contributed by atoms with Gasteiger partial charge in [-0.1, -0.05) is 34.1 Å². The van der Waals surface area contributed by atoms with E-state index in [1.807, 2.05) is 12.1 Å². The summed E-state index contributed by atoms with van der Waals surface area (Å²) >= 11 is 3.61. The van der Waals surface area contributed by atoms with Gasteiger partial charge in [0.25, 0.3) is 0 Å². The number of rotatable bonds is 1. The van der Waals surface area contributed by atoms with Crippen molar-refractivity contribution < 1.29 is 0 Å². The number of nitrogens with zero attached hydrogens (tertiary/aromatic N) is 2. The van der Waals surface area contributed by atoms with Crippen molar-refractivity contribution in [2.45, 2.75) is 32.2 Å². The molecule has 1 aliphatic heterocycles. The molecule has 0 unspecified atom stereocenters. The monoisotopic (exact) mass is 306 g/mol. The van der Waals surface area contributed by atoms with Crippen LogP contribution in [0.1, 0.15) is 32.3 Å². The van der Waals surface area contributed by atoms with Crippen molar-refractivity contribution in [3.8, 4) is 6.07 Å². The molecule has 1 aromatic rings. The lowest BCUT2D eigenvalue weighted by molar-refractivity contribution is 0.170. The predicted molar refractivity (Wildman–Crippen MR) is 77.3 cm³/mol. The fourth-order valence-electron chi connectivity index (χ4n) is 2.57. The summed E-state index contributed by atoms with van der Waals surface area (Å²) in [5.74, 6) is 0.396. The van der Waals surface area contributed by atoms with Gasteiger partial charge in [-0.05, 0) is 32.4 Å². The van der Waals surface area contributed by atoms with Crippen molar-refractivity contribution in [3.63, 3.8) is 0 Å². The molecule has 1 saturated heterocycles. The predicted octanol–water partition coefficient (Wildman–Crippen LogP) is 3.79. The van der Waals surface area contributed by atoms with E-state index in [1.54, 1.807) is 0 Å². The van der Waals surface area contributed by atoms with Crippen LogP contribution in [-0.2, 0) is 0 Å². The molecule has 1 fully saturated rings. The second-order valence-electron chi connectivity index (χ2n) is 5.94. The van der Waals surface area contributed by atoms with Crippen LogP contribution in [0, 0.1) is 17.2 Å². The molecule has 0 N–H and O–H groups in total. The third-order valence-corrected chi connectivity index (χ3v) is 4.46. The highest BCUT2D eigenvalue weighted by Crippen LogP contribution is 2.38. The molecule has 2 nitrogen and oxygen atoms in total. The molecule has 0 aromatic heterocycles. The van der Waals surface area contributed by atoms with E-state index in [9.17, 15) is 5.26 Å². The van der Waals surface area contributed by atoms with E-state index in [0.717, 1.165) is 17.6 Å². The van der Waals surface area contributed by atoms with Crippen LogP contribution >= 0.6 is 15.9 Å². The maximum absolute atomic E-state index is 9.38. The van der Waals surface area contributed by atoms with E-state index < -0.39 is 0 Å². The highest BCUT2D eigenvalue weighted by molar-refractivity contribution is 9.10. The summed E-state index contributed by atoms with van der Waals surface area (Å²) in [4.78, 5) is 2.41. The Bertz CT molecular complexity index is 470. The normalized spacial score (nSPS) is 25.1. The number of halogens is 1. The van der Waals surface area contributed by atoms with Gasteiger partial charge in [0, 0.05) is 29.0 Å². The van der Waals surface area contributed by atoms with Gasteiger partial charge in [-0.25, -0.2) is 0 Å². The zero-order valence-electron chi connectivity index (χ0n) is 11.2. The molecule has 2 rings (SSSR count). The smallest absolute Gasteiger partial charge is 0.0676 e. The molecule has 0 spiro atoms. The summed E-state index contributed by atoms with van der Waals surface area (Å²) in [5.41, 5.74) is 1.39. The van der Waals surface area contributed by atoms with Crippen LogP contribution in [0.5, 0.6) is 0 Å². The Labute approximate surface area is 118 Å². The van der Waals surface area contributed by atoms with Gasteiger partial charge >= 0.3 is 0 Å². The van der Waals surface area contributed by atoms with Crippen LogP contribution in [0.15, 0.2) is 28.7 Å². The first-order valence-corrected chi connectivity index (χ1v) is 7.12. The second-order valence-corrected chi connectivity index (χ2v) is 6.79. The van der Waals surface area contributed by atoms with Gasteiger partial charge in [0.05, 0.1) is 12.0 Å². The lowest BCUT2D eigenvalue weighted by atomic mass is 9.90. The summed E-state index contributed by atoms with van der Waals surface area (Å²) in [6, 6.07) is 10.7. The first-order valence-electron chi connectivity index (χ1n) is 6.32. The van der Waals surface area contributed by atoms with Crippen LogP contribution in [0.4, 0.5) is 0 Å². The van der Waals surface area contributed by atoms with Crippen molar-refractivity contribution in [3.05, 3.63) is 34.3 Å². The minimum atomic E-state index is 0.0860. The Kier molecular flexibility index (Phi) is 3.79. The molecule has 96 valence electrons. The van der Waals surface area contributed by atoms with Crippen molar-refractivity contribution >= 4 is 15.9 Å². The molecule has 1 heterocycles. The molecule has 1 aliphatic rings. The summed E-state index contributed by atoms with van der Waals surface area (Å²) in [6.07, 6.45) is 0. The zero-order valence-corrected chi connectivity index (χ0v) is 12.7. The van der Waals surface area contributed by atoms with E-state index in [2.05, 4.69) is 59.8 Å². The summed E-state index contributed by atoms with van der Waals surface area (Å²) in [5, 5.41) is 9.38. The third kappa shape index (κ3) is 2.60. The SMILES string of the molecule is CC(C)(C)N1C[C@@H](C#N)[C@H](c2ccccc2Br)C1. The summed E-state index contributed by atoms with van der Waals surface area (Å²) in [7, 11) is 0. The molecule has 0 aliphatic carbocycles. The van der Waals surface area contributed by atoms with Crippen LogP contribution in [0.25, 0.3) is 0 Å². The standard InChI is InChI=1S/C15H19BrN2/c1-15(2,3)18-9-11(8-17)13(10-18)12-6-4-5-7-14(12)16/h4-7,11,13H,9-10H2,1-3H3/t11-,13-/m1/s1. The molecule has 18 heavy (non-hydrogen) atoms. The van der Waals surface area contributed by atoms with E-state index >= 15 is 0 Å². The number of hydrogen-bond acceptors (Lipinski definition) is 2. The number of benzene rings is 1. The highest BCUT2D eigenvalue weighted by atomic mass is 79.9. The Morgan fingerprint density at radius 3 is 2.50 bits per heavy atom. The van der Waals surface area contributed by atoms with E-state index in [0.29, 0.717) is 5.92 Å². The van der Waals surface area contributed by atoms with Crippen LogP contribution in [-0.4, -0.2) is 23.5 Å². The molecular weight excluding hydrogens is 288 g/mol. The summed E-state index contributed by atoms with van der Waals surface area (Å²) < 4.78 is 1.12. The molecular formula is C15H19BrN2. The van der Waals surface area contributed by atoms with Gasteiger partial charge in [-0.2, -0.15) is 5.26 Å². The lowest BCUT2D eigenvalue weighted by Crippen LogP contribution is -2.39. The van der Waals surface area contributed by atoms with Crippen LogP contribution < -0.4 is 0 Å². The van der Waals surface area contributed by atoms with E-state index in [1.165, 1.54) is 5.56 Å². The van der Waals surface area contributed by atoms with Crippen LogP contribution in [0.3, 0.4) is 0 Å². The molecule has 0 amide bonds. The average Bonchev–Trinajstić information content (AvgIpc) is 2.73. The fraction of sp³-hybridized carbons (Fsp3) is 0.533. The minimum absolute atomic E-state index is 0.0860. The van der Waals surface area contributed by atoms with Gasteiger partial charge in [0.2, 0.25) is 0 Å². The number of nitriles is 1. The van der Waals surface area contributed by atoms with Crippen molar-refractivity contribution in [2.75, 3.05) is 13.1 Å². The van der Waals surface area contributed by atoms with Gasteiger partial charge in [-0.3, -0.25) is 4.90 Å². The quantitative estimate of drug-likeness (QED) is 0.789. The Morgan fingerprint density at radius 1 is 1.28 bits per heavy atom. The van der Waals surface area contributed by atoms with Crippen molar-refractivity contribution in [1.82, 2.24) is 4.90 Å². The summed E-state index contributed by atoms with van der Waals surface area (Å²) in [6.45, 7) is 8.47. The highest BCUT2D eigenvalue weighted by Gasteiger charge is 2.38. The zero-order chi connectivity index (χ0) is 13.3. The maximum Gasteiger partial charge on any atom is 0.0676 e. The average molecular weight is 307 g/mol. The van der Waals surface area contributed by atoms with E-state index in [4.69, 9.17) is 0 Å². The molecule has 0 radical (unpaired) electrons. The number of hydrogen-bond donors (Lipinski definition) is 0. The largest absolute Gasteiger partial charge is 0.297 e. The Morgan fingerprint density at radius 2 is 1.94 bits per heavy atom. The fourth-order valence-corrected chi connectivity index (χ4v) is 3.15. The van der Waals surface area contributed by atoms with Crippen molar-refractivity contribution in [2.24, 2.45) is 5.92 Å². The molecule has 3 heteroatoms. The topological polar surface area (TPSA) is 27.0 Å². The Hall–Kier alpha value is -0.850. The van der Waals surface area contributed by atoms with Crippen LogP contribution in [0.2, 0.25) is 0 Å². The van der Waals surface area contributed by atoms with Gasteiger partial charge in [-0.15, -0.1) is 0 Å². The van der Waals surface area contributed by atoms with Gasteiger partial charge in [0.1, 0.15) is 0 Å². The molecule has 1 aromatic carbocycles. The first kappa shape index (κ1) is 13.6. The van der Waals surface area contributed by atoms with Gasteiger partial charge in [0.15, 0.2) is 0 Å². The molecule has 0 saturated carbocycles. The molecule has 0 bridgehead atoms. The first-order chi connectivity index (χ1) is 8.43. The number of likely N-dealkylation sites (tertiary alicyclic amines) is 1. The Balaban J connectivity index is 2.29. The third-order valence-electron chi connectivity index (χ3n) is 3.74. The van der Waals surface area contributed by atoms with E-state index in [-0.39, 0.29) is 11.5 Å². The maximum atomic E-state index is 9.38. The lowest BCUT2D eigenvalue weighted by Gasteiger charge is -2.31. The van der Waals surface area contributed by atoms with Crippen molar-refractivity contribution in [1.29, 1.82) is 5.26 Å².